The highest BCUT2D eigenvalue weighted by Gasteiger charge is 1.98. The standard InChI is InChI=1S/C17H24FN5/c1-2-20-17(21-9-3-12-23-13-11-19-14-23)22-10-8-15-4-6-16(18)7-5-15/h4-7,11,13-14H,2-3,8-10,12H2,1H3,(H2,20,21,22). The molecule has 0 bridgehead atoms. The number of aromatic nitrogens is 2. The van der Waals surface area contributed by atoms with Crippen molar-refractivity contribution in [1.29, 1.82) is 0 Å². The molecule has 5 nitrogen and oxygen atoms in total. The Kier molecular flexibility index (Phi) is 7.10. The van der Waals surface area contributed by atoms with Crippen LogP contribution in [-0.2, 0) is 13.0 Å². The lowest BCUT2D eigenvalue weighted by molar-refractivity contribution is 0.626. The molecule has 0 radical (unpaired) electrons. The van der Waals surface area contributed by atoms with Crippen molar-refractivity contribution in [2.45, 2.75) is 26.3 Å². The van der Waals surface area contributed by atoms with Crippen LogP contribution in [0.4, 0.5) is 4.39 Å². The number of nitrogens with one attached hydrogen (secondary N) is 2. The second-order valence-electron chi connectivity index (χ2n) is 5.22. The number of guanidine groups is 1. The highest BCUT2D eigenvalue weighted by atomic mass is 19.1. The van der Waals surface area contributed by atoms with Crippen LogP contribution in [0.5, 0.6) is 0 Å². The van der Waals surface area contributed by atoms with Crippen LogP contribution in [0.3, 0.4) is 0 Å². The van der Waals surface area contributed by atoms with Gasteiger partial charge >= 0.3 is 0 Å². The van der Waals surface area contributed by atoms with Crippen LogP contribution in [0.25, 0.3) is 0 Å². The highest BCUT2D eigenvalue weighted by molar-refractivity contribution is 5.79. The third-order valence-electron chi connectivity index (χ3n) is 3.37. The molecule has 2 rings (SSSR count). The van der Waals surface area contributed by atoms with Gasteiger partial charge in [0.1, 0.15) is 5.82 Å². The fourth-order valence-electron chi connectivity index (χ4n) is 2.18. The van der Waals surface area contributed by atoms with Crippen molar-refractivity contribution in [1.82, 2.24) is 20.2 Å². The number of benzene rings is 1. The zero-order valence-electron chi connectivity index (χ0n) is 13.5. The van der Waals surface area contributed by atoms with E-state index in [0.29, 0.717) is 0 Å². The first kappa shape index (κ1) is 17.0. The molecule has 0 atom stereocenters. The quantitative estimate of drug-likeness (QED) is 0.446. The predicted molar refractivity (Wildman–Crippen MR) is 90.9 cm³/mol. The molecule has 0 aliphatic rings. The van der Waals surface area contributed by atoms with Gasteiger partial charge in [0, 0.05) is 38.6 Å². The van der Waals surface area contributed by atoms with E-state index in [1.807, 2.05) is 36.1 Å². The maximum absolute atomic E-state index is 12.9. The molecule has 1 aromatic heterocycles. The third-order valence-corrected chi connectivity index (χ3v) is 3.37. The minimum atomic E-state index is -0.200. The lowest BCUT2D eigenvalue weighted by Crippen LogP contribution is -2.38. The summed E-state index contributed by atoms with van der Waals surface area (Å²) in [7, 11) is 0. The van der Waals surface area contributed by atoms with Crippen LogP contribution in [0.1, 0.15) is 18.9 Å². The number of hydrogen-bond acceptors (Lipinski definition) is 2. The Morgan fingerprint density at radius 3 is 2.78 bits per heavy atom. The summed E-state index contributed by atoms with van der Waals surface area (Å²) >= 11 is 0. The highest BCUT2D eigenvalue weighted by Crippen LogP contribution is 2.02. The molecule has 0 amide bonds. The summed E-state index contributed by atoms with van der Waals surface area (Å²) in [5.41, 5.74) is 1.11. The van der Waals surface area contributed by atoms with E-state index in [-0.39, 0.29) is 5.82 Å². The predicted octanol–water partition coefficient (Wildman–Crippen LogP) is 2.21. The molecular weight excluding hydrogens is 293 g/mol. The van der Waals surface area contributed by atoms with Gasteiger partial charge in [-0.2, -0.15) is 0 Å². The van der Waals surface area contributed by atoms with E-state index in [9.17, 15) is 4.39 Å². The fraction of sp³-hybridized carbons (Fsp3) is 0.412. The van der Waals surface area contributed by atoms with Crippen molar-refractivity contribution in [3.63, 3.8) is 0 Å². The van der Waals surface area contributed by atoms with E-state index < -0.39 is 0 Å². The Labute approximate surface area is 136 Å². The number of nitrogens with zero attached hydrogens (tertiary/aromatic N) is 3. The van der Waals surface area contributed by atoms with Gasteiger partial charge in [-0.05, 0) is 37.5 Å². The average Bonchev–Trinajstić information content (AvgIpc) is 3.07. The summed E-state index contributed by atoms with van der Waals surface area (Å²) < 4.78 is 14.9. The van der Waals surface area contributed by atoms with Gasteiger partial charge in [-0.15, -0.1) is 0 Å². The Balaban J connectivity index is 1.71. The topological polar surface area (TPSA) is 54.2 Å². The number of hydrogen-bond donors (Lipinski definition) is 2. The number of aliphatic imine (C=N–C) groups is 1. The van der Waals surface area contributed by atoms with Crippen molar-refractivity contribution in [2.24, 2.45) is 4.99 Å². The largest absolute Gasteiger partial charge is 0.357 e. The van der Waals surface area contributed by atoms with Gasteiger partial charge in [0.05, 0.1) is 6.33 Å². The molecule has 2 N–H and O–H groups in total. The van der Waals surface area contributed by atoms with Gasteiger partial charge in [0.15, 0.2) is 5.96 Å². The second kappa shape index (κ2) is 9.61. The maximum atomic E-state index is 12.9. The van der Waals surface area contributed by atoms with Crippen molar-refractivity contribution >= 4 is 5.96 Å². The number of halogens is 1. The minimum absolute atomic E-state index is 0.200. The number of rotatable bonds is 8. The van der Waals surface area contributed by atoms with Gasteiger partial charge in [-0.3, -0.25) is 4.99 Å². The molecule has 1 aromatic carbocycles. The van der Waals surface area contributed by atoms with Crippen LogP contribution in [0.2, 0.25) is 0 Å². The van der Waals surface area contributed by atoms with Crippen LogP contribution in [0, 0.1) is 5.82 Å². The summed E-state index contributed by atoms with van der Waals surface area (Å²) in [5.74, 6) is 0.620. The molecule has 0 aliphatic heterocycles. The normalized spacial score (nSPS) is 11.5. The van der Waals surface area contributed by atoms with Crippen LogP contribution in [-0.4, -0.2) is 35.1 Å². The van der Waals surface area contributed by atoms with Gasteiger partial charge in [-0.25, -0.2) is 9.37 Å². The molecule has 0 unspecified atom stereocenters. The smallest absolute Gasteiger partial charge is 0.191 e. The molecule has 2 aromatic rings. The number of aryl methyl sites for hydroxylation is 1. The first-order valence-electron chi connectivity index (χ1n) is 8.00. The summed E-state index contributed by atoms with van der Waals surface area (Å²) in [5, 5.41) is 6.53. The molecule has 23 heavy (non-hydrogen) atoms. The van der Waals surface area contributed by atoms with E-state index in [2.05, 4.69) is 20.6 Å². The van der Waals surface area contributed by atoms with Crippen molar-refractivity contribution in [3.05, 3.63) is 54.4 Å². The Morgan fingerprint density at radius 1 is 1.26 bits per heavy atom. The molecule has 0 aliphatic carbocycles. The molecular formula is C17H24FN5. The molecule has 6 heteroatoms. The average molecular weight is 317 g/mol. The summed E-state index contributed by atoms with van der Waals surface area (Å²) in [6.07, 6.45) is 7.35. The fourth-order valence-corrected chi connectivity index (χ4v) is 2.18. The summed E-state index contributed by atoms with van der Waals surface area (Å²) in [4.78, 5) is 8.58. The first-order valence-corrected chi connectivity index (χ1v) is 8.00. The van der Waals surface area contributed by atoms with Crippen molar-refractivity contribution in [2.75, 3.05) is 19.6 Å². The molecule has 0 saturated carbocycles. The number of imidazole rings is 1. The van der Waals surface area contributed by atoms with Gasteiger partial charge in [-0.1, -0.05) is 12.1 Å². The first-order chi connectivity index (χ1) is 11.3. The Bertz CT molecular complexity index is 578. The van der Waals surface area contributed by atoms with E-state index in [1.165, 1.54) is 12.1 Å². The monoisotopic (exact) mass is 317 g/mol. The zero-order valence-corrected chi connectivity index (χ0v) is 13.5. The molecule has 1 heterocycles. The van der Waals surface area contributed by atoms with E-state index in [4.69, 9.17) is 0 Å². The van der Waals surface area contributed by atoms with Crippen LogP contribution >= 0.6 is 0 Å². The summed E-state index contributed by atoms with van der Waals surface area (Å²) in [6.45, 7) is 5.30. The van der Waals surface area contributed by atoms with E-state index in [0.717, 1.165) is 50.5 Å². The van der Waals surface area contributed by atoms with Gasteiger partial charge in [0.2, 0.25) is 0 Å². The van der Waals surface area contributed by atoms with Gasteiger partial charge in [0.25, 0.3) is 0 Å². The maximum Gasteiger partial charge on any atom is 0.191 e. The summed E-state index contributed by atoms with van der Waals surface area (Å²) in [6, 6.07) is 6.61. The van der Waals surface area contributed by atoms with Gasteiger partial charge < -0.3 is 15.2 Å². The van der Waals surface area contributed by atoms with E-state index in [1.54, 1.807) is 6.20 Å². The zero-order chi connectivity index (χ0) is 16.3. The molecule has 124 valence electrons. The van der Waals surface area contributed by atoms with Crippen molar-refractivity contribution < 1.29 is 4.39 Å². The Hall–Kier alpha value is -2.37. The lowest BCUT2D eigenvalue weighted by Gasteiger charge is -2.11. The van der Waals surface area contributed by atoms with Crippen molar-refractivity contribution in [3.8, 4) is 0 Å². The SMILES string of the molecule is CCNC(=NCCCn1ccnc1)NCCc1ccc(F)cc1. The molecule has 0 spiro atoms. The van der Waals surface area contributed by atoms with Crippen LogP contribution < -0.4 is 10.6 Å². The minimum Gasteiger partial charge on any atom is -0.357 e. The van der Waals surface area contributed by atoms with Crippen LogP contribution in [0.15, 0.2) is 48.0 Å². The second-order valence-corrected chi connectivity index (χ2v) is 5.22. The molecule has 0 saturated heterocycles. The molecule has 0 fully saturated rings. The lowest BCUT2D eigenvalue weighted by atomic mass is 10.1. The third kappa shape index (κ3) is 6.50. The van der Waals surface area contributed by atoms with E-state index >= 15 is 0 Å². The Morgan fingerprint density at radius 2 is 2.09 bits per heavy atom.